The molecule has 0 atom stereocenters. The van der Waals surface area contributed by atoms with Crippen LogP contribution < -0.4 is 10.5 Å². The SMILES string of the molecule is CCN(C)C(=O)CNS(=O)(=O)c1cc(C)cc(N)c1. The van der Waals surface area contributed by atoms with Crippen LogP contribution >= 0.6 is 0 Å². The highest BCUT2D eigenvalue weighted by Crippen LogP contribution is 2.15. The van der Waals surface area contributed by atoms with E-state index in [4.69, 9.17) is 5.73 Å². The van der Waals surface area contributed by atoms with Crippen molar-refractivity contribution in [2.75, 3.05) is 25.9 Å². The Morgan fingerprint density at radius 1 is 1.37 bits per heavy atom. The summed E-state index contributed by atoms with van der Waals surface area (Å²) < 4.78 is 26.3. The molecule has 0 fully saturated rings. The van der Waals surface area contributed by atoms with Gasteiger partial charge in [0.05, 0.1) is 11.4 Å². The van der Waals surface area contributed by atoms with E-state index in [-0.39, 0.29) is 17.3 Å². The molecule has 0 saturated carbocycles. The smallest absolute Gasteiger partial charge is 0.241 e. The number of amides is 1. The van der Waals surface area contributed by atoms with Crippen LogP contribution in [0, 0.1) is 6.92 Å². The third-order valence-corrected chi connectivity index (χ3v) is 4.08. The van der Waals surface area contributed by atoms with Crippen molar-refractivity contribution in [3.63, 3.8) is 0 Å². The average molecular weight is 285 g/mol. The highest BCUT2D eigenvalue weighted by molar-refractivity contribution is 7.89. The van der Waals surface area contributed by atoms with Crippen LogP contribution in [-0.4, -0.2) is 39.4 Å². The molecule has 6 nitrogen and oxygen atoms in total. The molecule has 0 aromatic heterocycles. The minimum atomic E-state index is -3.72. The number of nitrogen functional groups attached to an aromatic ring is 1. The van der Waals surface area contributed by atoms with Crippen molar-refractivity contribution in [3.05, 3.63) is 23.8 Å². The van der Waals surface area contributed by atoms with Crippen LogP contribution in [0.4, 0.5) is 5.69 Å². The zero-order valence-electron chi connectivity index (χ0n) is 11.3. The molecule has 7 heteroatoms. The minimum absolute atomic E-state index is 0.0666. The number of hydrogen-bond donors (Lipinski definition) is 2. The predicted molar refractivity (Wildman–Crippen MR) is 74.1 cm³/mol. The number of benzene rings is 1. The number of likely N-dealkylation sites (N-methyl/N-ethyl adjacent to an activating group) is 1. The molecule has 1 amide bonds. The summed E-state index contributed by atoms with van der Waals surface area (Å²) in [5.41, 5.74) is 6.73. The fourth-order valence-corrected chi connectivity index (χ4v) is 2.60. The van der Waals surface area contributed by atoms with Crippen molar-refractivity contribution in [2.24, 2.45) is 0 Å². The summed E-state index contributed by atoms with van der Waals surface area (Å²) >= 11 is 0. The van der Waals surface area contributed by atoms with Crippen LogP contribution in [0.1, 0.15) is 12.5 Å². The first-order valence-electron chi connectivity index (χ1n) is 5.87. The van der Waals surface area contributed by atoms with Gasteiger partial charge in [-0.2, -0.15) is 0 Å². The van der Waals surface area contributed by atoms with Crippen LogP contribution in [0.25, 0.3) is 0 Å². The number of anilines is 1. The zero-order chi connectivity index (χ0) is 14.6. The molecule has 3 N–H and O–H groups in total. The number of nitrogens with two attached hydrogens (primary N) is 1. The van der Waals surface area contributed by atoms with Gasteiger partial charge in [0.1, 0.15) is 0 Å². The van der Waals surface area contributed by atoms with Gasteiger partial charge in [0, 0.05) is 19.3 Å². The Morgan fingerprint density at radius 3 is 2.53 bits per heavy atom. The van der Waals surface area contributed by atoms with Crippen molar-refractivity contribution in [1.29, 1.82) is 0 Å². The standard InChI is InChI=1S/C12H19N3O3S/c1-4-15(3)12(16)8-14-19(17,18)11-6-9(2)5-10(13)7-11/h5-7,14H,4,8,13H2,1-3H3. The van der Waals surface area contributed by atoms with Gasteiger partial charge >= 0.3 is 0 Å². The topological polar surface area (TPSA) is 92.5 Å². The van der Waals surface area contributed by atoms with Crippen molar-refractivity contribution in [2.45, 2.75) is 18.7 Å². The van der Waals surface area contributed by atoms with Gasteiger partial charge in [0.2, 0.25) is 15.9 Å². The summed E-state index contributed by atoms with van der Waals surface area (Å²) in [4.78, 5) is 13.1. The summed E-state index contributed by atoms with van der Waals surface area (Å²) in [6.45, 7) is 3.83. The molecule has 0 spiro atoms. The maximum absolute atomic E-state index is 12.0. The second-order valence-corrected chi connectivity index (χ2v) is 6.08. The number of carbonyl (C=O) groups is 1. The first-order chi connectivity index (χ1) is 8.76. The second-order valence-electron chi connectivity index (χ2n) is 4.31. The molecule has 0 unspecified atom stereocenters. The van der Waals surface area contributed by atoms with E-state index < -0.39 is 10.0 Å². The van der Waals surface area contributed by atoms with Crippen LogP contribution in [0.5, 0.6) is 0 Å². The number of hydrogen-bond acceptors (Lipinski definition) is 4. The van der Waals surface area contributed by atoms with E-state index in [0.717, 1.165) is 5.56 Å². The van der Waals surface area contributed by atoms with E-state index in [1.165, 1.54) is 17.0 Å². The van der Waals surface area contributed by atoms with E-state index in [9.17, 15) is 13.2 Å². The van der Waals surface area contributed by atoms with Gasteiger partial charge in [-0.05, 0) is 37.6 Å². The Balaban J connectivity index is 2.84. The molecule has 0 bridgehead atoms. The number of rotatable bonds is 5. The van der Waals surface area contributed by atoms with Gasteiger partial charge in [-0.1, -0.05) is 0 Å². The summed E-state index contributed by atoms with van der Waals surface area (Å²) in [5.74, 6) is -0.285. The lowest BCUT2D eigenvalue weighted by Gasteiger charge is -2.15. The Labute approximate surface area is 113 Å². The van der Waals surface area contributed by atoms with E-state index in [0.29, 0.717) is 12.2 Å². The molecule has 0 aliphatic carbocycles. The summed E-state index contributed by atoms with van der Waals surface area (Å²) in [6, 6.07) is 4.55. The molecular weight excluding hydrogens is 266 g/mol. The Kier molecular flexibility index (Phi) is 4.90. The van der Waals surface area contributed by atoms with Gasteiger partial charge < -0.3 is 10.6 Å². The Hall–Kier alpha value is -1.60. The first kappa shape index (κ1) is 15.5. The van der Waals surface area contributed by atoms with Gasteiger partial charge in [0.15, 0.2) is 0 Å². The fourth-order valence-electron chi connectivity index (χ4n) is 1.48. The summed E-state index contributed by atoms with van der Waals surface area (Å²) in [7, 11) is -2.11. The fraction of sp³-hybridized carbons (Fsp3) is 0.417. The Morgan fingerprint density at radius 2 is 2.00 bits per heavy atom. The maximum atomic E-state index is 12.0. The normalized spacial score (nSPS) is 11.3. The van der Waals surface area contributed by atoms with Crippen LogP contribution in [0.2, 0.25) is 0 Å². The van der Waals surface area contributed by atoms with Crippen LogP contribution in [0.15, 0.2) is 23.1 Å². The molecule has 0 heterocycles. The third-order valence-electron chi connectivity index (χ3n) is 2.70. The van der Waals surface area contributed by atoms with E-state index in [1.807, 2.05) is 6.92 Å². The van der Waals surface area contributed by atoms with Crippen molar-refractivity contribution in [3.8, 4) is 0 Å². The molecule has 1 rings (SSSR count). The van der Waals surface area contributed by atoms with Crippen LogP contribution in [0.3, 0.4) is 0 Å². The molecule has 1 aromatic carbocycles. The highest BCUT2D eigenvalue weighted by atomic mass is 32.2. The zero-order valence-corrected chi connectivity index (χ0v) is 12.1. The second kappa shape index (κ2) is 6.03. The minimum Gasteiger partial charge on any atom is -0.399 e. The first-order valence-corrected chi connectivity index (χ1v) is 7.35. The average Bonchev–Trinajstić information content (AvgIpc) is 2.33. The molecular formula is C12H19N3O3S. The molecule has 1 aromatic rings. The Bertz CT molecular complexity index is 549. The van der Waals surface area contributed by atoms with Gasteiger partial charge in [-0.3, -0.25) is 4.79 Å². The van der Waals surface area contributed by atoms with E-state index in [2.05, 4.69) is 4.72 Å². The lowest BCUT2D eigenvalue weighted by Crippen LogP contribution is -2.38. The number of carbonyl (C=O) groups excluding carboxylic acids is 1. The van der Waals surface area contributed by atoms with Crippen molar-refractivity contribution in [1.82, 2.24) is 9.62 Å². The monoisotopic (exact) mass is 285 g/mol. The van der Waals surface area contributed by atoms with E-state index in [1.54, 1.807) is 20.0 Å². The number of sulfonamides is 1. The molecule has 0 radical (unpaired) electrons. The quantitative estimate of drug-likeness (QED) is 0.763. The van der Waals surface area contributed by atoms with Gasteiger partial charge in [-0.15, -0.1) is 0 Å². The number of nitrogens with zero attached hydrogens (tertiary/aromatic N) is 1. The summed E-state index contributed by atoms with van der Waals surface area (Å²) in [6.07, 6.45) is 0. The third kappa shape index (κ3) is 4.22. The number of nitrogens with one attached hydrogen (secondary N) is 1. The predicted octanol–water partition coefficient (Wildman–Crippen LogP) is 0.334. The summed E-state index contributed by atoms with van der Waals surface area (Å²) in [5, 5.41) is 0. The molecule has 0 aliphatic heterocycles. The van der Waals surface area contributed by atoms with Crippen LogP contribution in [-0.2, 0) is 14.8 Å². The molecule has 0 saturated heterocycles. The lowest BCUT2D eigenvalue weighted by atomic mass is 10.2. The molecule has 19 heavy (non-hydrogen) atoms. The molecule has 106 valence electrons. The van der Waals surface area contributed by atoms with Crippen molar-refractivity contribution < 1.29 is 13.2 Å². The van der Waals surface area contributed by atoms with E-state index >= 15 is 0 Å². The van der Waals surface area contributed by atoms with Gasteiger partial charge in [0.25, 0.3) is 0 Å². The highest BCUT2D eigenvalue weighted by Gasteiger charge is 2.17. The van der Waals surface area contributed by atoms with Crippen molar-refractivity contribution >= 4 is 21.6 Å². The largest absolute Gasteiger partial charge is 0.399 e. The lowest BCUT2D eigenvalue weighted by molar-refractivity contribution is -0.128. The van der Waals surface area contributed by atoms with Gasteiger partial charge in [-0.25, -0.2) is 13.1 Å². The maximum Gasteiger partial charge on any atom is 0.241 e. The molecule has 0 aliphatic rings. The number of aryl methyl sites for hydroxylation is 1.